The second-order valence-electron chi connectivity index (χ2n) is 13.8. The molecule has 0 fully saturated rings. The van der Waals surface area contributed by atoms with Crippen LogP contribution in [0, 0.1) is 0 Å². The van der Waals surface area contributed by atoms with Crippen molar-refractivity contribution in [2.24, 2.45) is 17.2 Å². The minimum atomic E-state index is -1.24. The average Bonchev–Trinajstić information content (AvgIpc) is 3.60. The Morgan fingerprint density at radius 2 is 1.35 bits per heavy atom. The number of aromatic hydroxyl groups is 1. The molecular formula is C40H52N10O7. The molecule has 7 amide bonds. The highest BCUT2D eigenvalue weighted by molar-refractivity contribution is 5.95. The molecule has 0 bridgehead atoms. The lowest BCUT2D eigenvalue weighted by atomic mass is 10.0. The first-order valence-electron chi connectivity index (χ1n) is 18.7. The van der Waals surface area contributed by atoms with Gasteiger partial charge in [0.2, 0.25) is 23.6 Å². The number of hydrogen-bond acceptors (Lipinski definition) is 9. The first kappa shape index (κ1) is 43.3. The zero-order valence-electron chi connectivity index (χ0n) is 32.0. The number of nitrogens with one attached hydrogen (secondary N) is 6. The van der Waals surface area contributed by atoms with E-state index in [1.165, 1.54) is 38.1 Å². The van der Waals surface area contributed by atoms with E-state index in [9.17, 15) is 33.9 Å². The van der Waals surface area contributed by atoms with Crippen LogP contribution in [-0.4, -0.2) is 87.4 Å². The first-order chi connectivity index (χ1) is 27.2. The molecule has 0 radical (unpaired) electrons. The van der Waals surface area contributed by atoms with Crippen molar-refractivity contribution in [3.8, 4) is 5.75 Å². The van der Waals surface area contributed by atoms with Crippen molar-refractivity contribution in [2.75, 3.05) is 6.54 Å². The Morgan fingerprint density at radius 1 is 0.719 bits per heavy atom. The molecule has 3 aromatic carbocycles. The van der Waals surface area contributed by atoms with Gasteiger partial charge >= 0.3 is 6.03 Å². The molecule has 4 aromatic rings. The molecular weight excluding hydrogens is 733 g/mol. The van der Waals surface area contributed by atoms with Crippen LogP contribution < -0.4 is 43.9 Å². The molecule has 0 unspecified atom stereocenters. The van der Waals surface area contributed by atoms with E-state index in [2.05, 4.69) is 31.7 Å². The second-order valence-corrected chi connectivity index (χ2v) is 13.8. The number of rotatable bonds is 19. The zero-order chi connectivity index (χ0) is 41.5. The number of phenols is 1. The summed E-state index contributed by atoms with van der Waals surface area (Å²) in [7, 11) is 0. The van der Waals surface area contributed by atoms with E-state index in [0.717, 1.165) is 21.5 Å². The maximum Gasteiger partial charge on any atom is 0.337 e. The van der Waals surface area contributed by atoms with Gasteiger partial charge in [-0.1, -0.05) is 60.7 Å². The van der Waals surface area contributed by atoms with E-state index in [1.54, 1.807) is 36.5 Å². The van der Waals surface area contributed by atoms with Gasteiger partial charge in [0, 0.05) is 29.9 Å². The van der Waals surface area contributed by atoms with Gasteiger partial charge in [-0.3, -0.25) is 29.4 Å². The Hall–Kier alpha value is -6.46. The molecule has 1 heterocycles. The molecule has 17 heteroatoms. The molecule has 0 aliphatic carbocycles. The monoisotopic (exact) mass is 784 g/mol. The Morgan fingerprint density at radius 3 is 2.02 bits per heavy atom. The summed E-state index contributed by atoms with van der Waals surface area (Å²) in [5.41, 5.74) is 22.3. The predicted octanol–water partition coefficient (Wildman–Crippen LogP) is 0.706. The van der Waals surface area contributed by atoms with Gasteiger partial charge in [-0.05, 0) is 74.5 Å². The Bertz CT molecular complexity index is 1990. The van der Waals surface area contributed by atoms with Crippen molar-refractivity contribution in [1.82, 2.24) is 36.7 Å². The number of nitrogens with zero attached hydrogens (tertiary/aromatic N) is 1. The standard InChI is InChI=1S/C40H52N10O7/c1-24(42)36(53)47-34(21-28-22-44-31-13-7-6-12-30(28)31)38(55)45-25(2)37(54)49-50(23-27-15-17-29(51)18-16-27)40(57)48-33(20-26-10-4-3-5-11-26)39(56)46-32(35(43)52)14-8-9-19-41/h3-7,10-13,15-18,22,24-25,32-34,44,51H,8-9,14,19-21,23,41-42H2,1-2H3,(H2,43,52)(H,45,55)(H,46,56)(H,47,53)(H,48,57)(H,49,54)/t24-,25-,32-,33-,34-/m0/s1. The van der Waals surface area contributed by atoms with E-state index >= 15 is 0 Å². The van der Waals surface area contributed by atoms with Crippen molar-refractivity contribution in [3.05, 3.63) is 102 Å². The summed E-state index contributed by atoms with van der Waals surface area (Å²) in [6.45, 7) is 3.05. The molecule has 1 aromatic heterocycles. The van der Waals surface area contributed by atoms with Crippen LogP contribution in [-0.2, 0) is 43.4 Å². The van der Waals surface area contributed by atoms with Crippen LogP contribution in [0.3, 0.4) is 0 Å². The number of aromatic nitrogens is 1. The summed E-state index contributed by atoms with van der Waals surface area (Å²) in [5, 5.41) is 22.2. The number of carbonyl (C=O) groups is 6. The van der Waals surface area contributed by atoms with Gasteiger partial charge < -0.3 is 48.6 Å². The highest BCUT2D eigenvalue weighted by Crippen LogP contribution is 2.19. The van der Waals surface area contributed by atoms with Crippen LogP contribution in [0.2, 0.25) is 0 Å². The summed E-state index contributed by atoms with van der Waals surface area (Å²) < 4.78 is 0. The number of H-pyrrole nitrogens is 1. The molecule has 13 N–H and O–H groups in total. The number of nitrogens with two attached hydrogens (primary N) is 3. The van der Waals surface area contributed by atoms with Crippen LogP contribution >= 0.6 is 0 Å². The molecule has 0 saturated carbocycles. The third kappa shape index (κ3) is 13.1. The molecule has 57 heavy (non-hydrogen) atoms. The largest absolute Gasteiger partial charge is 0.508 e. The number of primary amides is 1. The van der Waals surface area contributed by atoms with E-state index < -0.39 is 65.8 Å². The number of carbonyl (C=O) groups excluding carboxylic acids is 6. The van der Waals surface area contributed by atoms with Crippen LogP contribution in [0.4, 0.5) is 4.79 Å². The number of unbranched alkanes of at least 4 members (excludes halogenated alkanes) is 1. The number of para-hydroxylation sites is 1. The lowest BCUT2D eigenvalue weighted by Gasteiger charge is -2.29. The number of hydrazine groups is 1. The number of phenolic OH excluding ortho intramolecular Hbond substituents is 1. The van der Waals surface area contributed by atoms with Crippen molar-refractivity contribution in [2.45, 2.75) is 82.7 Å². The normalized spacial score (nSPS) is 13.6. The van der Waals surface area contributed by atoms with Gasteiger partial charge in [0.25, 0.3) is 5.91 Å². The summed E-state index contributed by atoms with van der Waals surface area (Å²) in [6.07, 6.45) is 3.22. The van der Waals surface area contributed by atoms with Crippen LogP contribution in [0.5, 0.6) is 5.75 Å². The third-order valence-corrected chi connectivity index (χ3v) is 9.17. The Labute approximate surface area is 330 Å². The Balaban J connectivity index is 1.54. The summed E-state index contributed by atoms with van der Waals surface area (Å²) in [4.78, 5) is 83.1. The van der Waals surface area contributed by atoms with Crippen LogP contribution in [0.25, 0.3) is 10.9 Å². The SMILES string of the molecule is C[C@H](N)C(=O)N[C@@H](Cc1c[nH]c2ccccc12)C(=O)N[C@@H](C)C(=O)NN(Cc1ccc(O)cc1)C(=O)N[C@@H](Cc1ccccc1)C(=O)N[C@@H](CCCCN)C(N)=O. The van der Waals surface area contributed by atoms with Gasteiger partial charge in [-0.15, -0.1) is 0 Å². The number of benzene rings is 3. The summed E-state index contributed by atoms with van der Waals surface area (Å²) >= 11 is 0. The van der Waals surface area contributed by atoms with Crippen LogP contribution in [0.15, 0.2) is 85.1 Å². The highest BCUT2D eigenvalue weighted by Gasteiger charge is 2.31. The first-order valence-corrected chi connectivity index (χ1v) is 18.7. The van der Waals surface area contributed by atoms with Gasteiger partial charge in [0.05, 0.1) is 12.6 Å². The molecule has 4 rings (SSSR count). The fourth-order valence-corrected chi connectivity index (χ4v) is 5.92. The topological polar surface area (TPSA) is 280 Å². The fraction of sp³-hybridized carbons (Fsp3) is 0.350. The van der Waals surface area contributed by atoms with E-state index in [-0.39, 0.29) is 31.6 Å². The van der Waals surface area contributed by atoms with E-state index in [0.29, 0.717) is 30.5 Å². The highest BCUT2D eigenvalue weighted by atomic mass is 16.3. The fourth-order valence-electron chi connectivity index (χ4n) is 5.92. The predicted molar refractivity (Wildman–Crippen MR) is 213 cm³/mol. The average molecular weight is 785 g/mol. The Kier molecular flexibility index (Phi) is 15.9. The third-order valence-electron chi connectivity index (χ3n) is 9.17. The number of urea groups is 1. The molecule has 0 spiro atoms. The zero-order valence-corrected chi connectivity index (χ0v) is 32.0. The smallest absolute Gasteiger partial charge is 0.337 e. The van der Waals surface area contributed by atoms with E-state index in [1.807, 2.05) is 24.3 Å². The van der Waals surface area contributed by atoms with Crippen molar-refractivity contribution in [3.63, 3.8) is 0 Å². The second kappa shape index (κ2) is 21.0. The van der Waals surface area contributed by atoms with Gasteiger partial charge in [-0.2, -0.15) is 0 Å². The van der Waals surface area contributed by atoms with Gasteiger partial charge in [-0.25, -0.2) is 9.80 Å². The molecule has 17 nitrogen and oxygen atoms in total. The summed E-state index contributed by atoms with van der Waals surface area (Å²) in [5.74, 6) is -3.52. The van der Waals surface area contributed by atoms with Crippen molar-refractivity contribution >= 4 is 46.5 Å². The van der Waals surface area contributed by atoms with Gasteiger partial charge in [0.15, 0.2) is 0 Å². The number of hydrogen-bond donors (Lipinski definition) is 10. The van der Waals surface area contributed by atoms with Crippen LogP contribution in [0.1, 0.15) is 49.8 Å². The quantitative estimate of drug-likeness (QED) is 0.0473. The minimum absolute atomic E-state index is 0.0190. The number of aromatic amines is 1. The molecule has 5 atom stereocenters. The maximum atomic E-state index is 14.0. The number of fused-ring (bicyclic) bond motifs is 1. The molecule has 0 aliphatic heterocycles. The lowest BCUT2D eigenvalue weighted by Crippen LogP contribution is -2.60. The van der Waals surface area contributed by atoms with Crippen molar-refractivity contribution < 1.29 is 33.9 Å². The molecule has 304 valence electrons. The van der Waals surface area contributed by atoms with Crippen molar-refractivity contribution in [1.29, 1.82) is 0 Å². The maximum absolute atomic E-state index is 14.0. The van der Waals surface area contributed by atoms with Gasteiger partial charge in [0.1, 0.15) is 29.9 Å². The molecule has 0 saturated heterocycles. The minimum Gasteiger partial charge on any atom is -0.508 e. The lowest BCUT2D eigenvalue weighted by molar-refractivity contribution is -0.133. The summed E-state index contributed by atoms with van der Waals surface area (Å²) in [6, 6.07) is 15.8. The molecule has 0 aliphatic rings. The van der Waals surface area contributed by atoms with E-state index in [4.69, 9.17) is 17.2 Å². The number of amides is 7.